The summed E-state index contributed by atoms with van der Waals surface area (Å²) in [7, 11) is 0. The van der Waals surface area contributed by atoms with E-state index in [-0.39, 0.29) is 16.6 Å². The number of benzene rings is 1. The maximum absolute atomic E-state index is 13.4. The smallest absolute Gasteiger partial charge is 0.161 e. The van der Waals surface area contributed by atoms with E-state index in [1.54, 1.807) is 0 Å². The van der Waals surface area contributed by atoms with Crippen LogP contribution in [0.2, 0.25) is 0 Å². The van der Waals surface area contributed by atoms with Gasteiger partial charge in [-0.05, 0) is 86.5 Å². The van der Waals surface area contributed by atoms with E-state index in [0.717, 1.165) is 74.1 Å². The molecule has 2 aliphatic rings. The van der Waals surface area contributed by atoms with Crippen LogP contribution in [0.15, 0.2) is 59.5 Å². The zero-order valence-electron chi connectivity index (χ0n) is 27.5. The molecule has 226 valence electrons. The van der Waals surface area contributed by atoms with Crippen molar-refractivity contribution in [3.8, 4) is 0 Å². The summed E-state index contributed by atoms with van der Waals surface area (Å²) in [6, 6.07) is 8.64. The molecule has 4 heteroatoms. The first-order valence-corrected chi connectivity index (χ1v) is 16.0. The minimum Gasteiger partial charge on any atom is -0.348 e. The van der Waals surface area contributed by atoms with E-state index in [2.05, 4.69) is 115 Å². The van der Waals surface area contributed by atoms with E-state index in [0.29, 0.717) is 30.5 Å². The van der Waals surface area contributed by atoms with Gasteiger partial charge in [0.15, 0.2) is 11.6 Å². The first-order chi connectivity index (χ1) is 19.2. The van der Waals surface area contributed by atoms with E-state index in [1.807, 2.05) is 0 Å². The van der Waals surface area contributed by atoms with Gasteiger partial charge < -0.3 is 9.80 Å². The van der Waals surface area contributed by atoms with Crippen molar-refractivity contribution in [3.05, 3.63) is 59.5 Å². The fourth-order valence-corrected chi connectivity index (χ4v) is 6.21. The predicted octanol–water partition coefficient (Wildman–Crippen LogP) is 9.66. The maximum Gasteiger partial charge on any atom is 0.161 e. The van der Waals surface area contributed by atoms with Gasteiger partial charge in [0.1, 0.15) is 0 Å². The molecule has 0 spiro atoms. The van der Waals surface area contributed by atoms with E-state index >= 15 is 0 Å². The third-order valence-corrected chi connectivity index (χ3v) is 9.16. The fourth-order valence-electron chi connectivity index (χ4n) is 6.21. The number of nitrogens with zero attached hydrogens (tertiary/aromatic N) is 2. The molecule has 2 aliphatic heterocycles. The standard InChI is InChI=1S/C37H56N2O2/c1-10-12-28(4)23-34(40)32-25-38(21-19-36(32,6)7)30-15-17-31(18-16-30)39-22-20-37(8,9)33(26-39)35(41)24-29(5)14-11-13-27(2)3/h13,15-18,25-26,28-29H,10-12,14,19-24H2,1-9H3. The van der Waals surface area contributed by atoms with Crippen molar-refractivity contribution in [1.82, 2.24) is 0 Å². The second-order valence-corrected chi connectivity index (χ2v) is 14.4. The number of hydrogen-bond donors (Lipinski definition) is 0. The Morgan fingerprint density at radius 2 is 1.20 bits per heavy atom. The highest BCUT2D eigenvalue weighted by Gasteiger charge is 2.35. The molecule has 2 atom stereocenters. The summed E-state index contributed by atoms with van der Waals surface area (Å²) in [6.45, 7) is 21.4. The third kappa shape index (κ3) is 8.93. The third-order valence-electron chi connectivity index (χ3n) is 9.16. The first-order valence-electron chi connectivity index (χ1n) is 16.0. The van der Waals surface area contributed by atoms with E-state index in [4.69, 9.17) is 0 Å². The highest BCUT2D eigenvalue weighted by molar-refractivity contribution is 5.98. The summed E-state index contributed by atoms with van der Waals surface area (Å²) in [5.74, 6) is 1.37. The van der Waals surface area contributed by atoms with Gasteiger partial charge in [0.25, 0.3) is 0 Å². The Hall–Kier alpha value is -2.62. The minimum atomic E-state index is -0.115. The van der Waals surface area contributed by atoms with Crippen molar-refractivity contribution in [2.75, 3.05) is 22.9 Å². The number of allylic oxidation sites excluding steroid dienone is 4. The lowest BCUT2D eigenvalue weighted by molar-refractivity contribution is -0.118. The van der Waals surface area contributed by atoms with Crippen LogP contribution in [-0.4, -0.2) is 24.7 Å². The molecule has 0 radical (unpaired) electrons. The molecule has 0 saturated heterocycles. The Morgan fingerprint density at radius 3 is 1.59 bits per heavy atom. The second-order valence-electron chi connectivity index (χ2n) is 14.4. The minimum absolute atomic E-state index is 0.100. The number of ketones is 2. The van der Waals surface area contributed by atoms with Gasteiger partial charge in [-0.15, -0.1) is 0 Å². The average Bonchev–Trinajstić information content (AvgIpc) is 2.88. The maximum atomic E-state index is 13.4. The van der Waals surface area contributed by atoms with Crippen molar-refractivity contribution in [2.24, 2.45) is 22.7 Å². The van der Waals surface area contributed by atoms with Crippen molar-refractivity contribution < 1.29 is 9.59 Å². The van der Waals surface area contributed by atoms with Crippen LogP contribution in [0.1, 0.15) is 114 Å². The number of rotatable bonds is 13. The lowest BCUT2D eigenvalue weighted by Crippen LogP contribution is -2.36. The van der Waals surface area contributed by atoms with Crippen LogP contribution in [0.5, 0.6) is 0 Å². The van der Waals surface area contributed by atoms with Gasteiger partial charge in [0, 0.05) is 60.9 Å². The molecular weight excluding hydrogens is 504 g/mol. The van der Waals surface area contributed by atoms with Crippen LogP contribution in [0, 0.1) is 22.7 Å². The molecule has 4 nitrogen and oxygen atoms in total. The van der Waals surface area contributed by atoms with Crippen LogP contribution in [0.3, 0.4) is 0 Å². The van der Waals surface area contributed by atoms with E-state index in [1.165, 1.54) is 5.57 Å². The zero-order valence-corrected chi connectivity index (χ0v) is 27.5. The average molecular weight is 561 g/mol. The molecule has 0 N–H and O–H groups in total. The van der Waals surface area contributed by atoms with Crippen LogP contribution in [0.25, 0.3) is 0 Å². The SMILES string of the molecule is CCCC(C)CC(=O)C1=CN(c2ccc(N3C=C(C(=O)CC(C)CCC=C(C)C)C(C)(C)CC3)cc2)CCC1(C)C. The summed E-state index contributed by atoms with van der Waals surface area (Å²) in [5.41, 5.74) is 5.25. The molecule has 2 heterocycles. The summed E-state index contributed by atoms with van der Waals surface area (Å²) in [5, 5.41) is 0. The Balaban J connectivity index is 1.75. The van der Waals surface area contributed by atoms with Gasteiger partial charge >= 0.3 is 0 Å². The number of anilines is 2. The Labute approximate surface area is 251 Å². The molecule has 41 heavy (non-hydrogen) atoms. The quantitative estimate of drug-likeness (QED) is 0.225. The molecule has 0 fully saturated rings. The Kier molecular flexibility index (Phi) is 11.3. The molecule has 0 aromatic heterocycles. The monoisotopic (exact) mass is 560 g/mol. The highest BCUT2D eigenvalue weighted by Crippen LogP contribution is 2.40. The summed E-state index contributed by atoms with van der Waals surface area (Å²) >= 11 is 0. The molecule has 0 bridgehead atoms. The molecule has 1 aromatic rings. The first kappa shape index (κ1) is 32.9. The Bertz CT molecular complexity index is 1150. The number of hydrogen-bond acceptors (Lipinski definition) is 4. The molecule has 1 aromatic carbocycles. The van der Waals surface area contributed by atoms with Gasteiger partial charge in [-0.2, -0.15) is 0 Å². The van der Waals surface area contributed by atoms with Crippen LogP contribution in [-0.2, 0) is 9.59 Å². The highest BCUT2D eigenvalue weighted by atomic mass is 16.1. The molecule has 2 unspecified atom stereocenters. The summed E-state index contributed by atoms with van der Waals surface area (Å²) < 4.78 is 0. The molecule has 3 rings (SSSR count). The summed E-state index contributed by atoms with van der Waals surface area (Å²) in [6.07, 6.45) is 13.9. The van der Waals surface area contributed by atoms with Crippen molar-refractivity contribution in [1.29, 1.82) is 0 Å². The van der Waals surface area contributed by atoms with Gasteiger partial charge in [-0.1, -0.05) is 73.0 Å². The topological polar surface area (TPSA) is 40.6 Å². The van der Waals surface area contributed by atoms with Gasteiger partial charge in [0.05, 0.1) is 0 Å². The number of carbonyl (C=O) groups is 2. The normalized spacial score (nSPS) is 19.6. The van der Waals surface area contributed by atoms with Crippen molar-refractivity contribution in [2.45, 2.75) is 114 Å². The molecule has 0 amide bonds. The fraction of sp³-hybridized carbons (Fsp3) is 0.622. The largest absolute Gasteiger partial charge is 0.348 e. The van der Waals surface area contributed by atoms with Gasteiger partial charge in [-0.3, -0.25) is 9.59 Å². The van der Waals surface area contributed by atoms with Crippen LogP contribution < -0.4 is 9.80 Å². The van der Waals surface area contributed by atoms with E-state index < -0.39 is 0 Å². The van der Waals surface area contributed by atoms with Crippen molar-refractivity contribution >= 4 is 22.9 Å². The van der Waals surface area contributed by atoms with Gasteiger partial charge in [-0.25, -0.2) is 0 Å². The van der Waals surface area contributed by atoms with E-state index in [9.17, 15) is 9.59 Å². The van der Waals surface area contributed by atoms with Crippen LogP contribution >= 0.6 is 0 Å². The number of Topliss-reactive ketones (excluding diaryl/α,β-unsaturated/α-hetero) is 2. The zero-order chi connectivity index (χ0) is 30.4. The molecule has 0 aliphatic carbocycles. The Morgan fingerprint density at radius 1 is 0.780 bits per heavy atom. The van der Waals surface area contributed by atoms with Crippen molar-refractivity contribution in [3.63, 3.8) is 0 Å². The molecule has 0 saturated carbocycles. The second kappa shape index (κ2) is 14.0. The lowest BCUT2D eigenvalue weighted by Gasteiger charge is -2.38. The summed E-state index contributed by atoms with van der Waals surface area (Å²) in [4.78, 5) is 31.2. The van der Waals surface area contributed by atoms with Crippen LogP contribution in [0.4, 0.5) is 11.4 Å². The lowest BCUT2D eigenvalue weighted by atomic mass is 9.75. The predicted molar refractivity (Wildman–Crippen MR) is 175 cm³/mol. The van der Waals surface area contributed by atoms with Gasteiger partial charge in [0.2, 0.25) is 0 Å². The number of carbonyl (C=O) groups excluding carboxylic acids is 2. The molecular formula is C37H56N2O2.